The average Bonchev–Trinajstić information content (AvgIpc) is 3.53. The highest BCUT2D eigenvalue weighted by atomic mass is 19.4. The molecule has 7 nitrogen and oxygen atoms in total. The summed E-state index contributed by atoms with van der Waals surface area (Å²) in [6.45, 7) is 2.57. The standard InChI is InChI=1S/C27H25F3N4O3/c1-25(2,27(28,29)30)19-8-6-18(7-9-19)23-31-24(37-33-23)21-10-11-22(36)34(32-21)15-17-4-3-5-20(14-17)26(16-35)12-13-26/h3-11,14,35H,12-13,15-16H2,1-2H3. The minimum atomic E-state index is -4.39. The summed E-state index contributed by atoms with van der Waals surface area (Å²) in [7, 11) is 0. The topological polar surface area (TPSA) is 94.0 Å². The summed E-state index contributed by atoms with van der Waals surface area (Å²) in [4.78, 5) is 16.8. The van der Waals surface area contributed by atoms with Gasteiger partial charge in [0.25, 0.3) is 11.4 Å². The van der Waals surface area contributed by atoms with Gasteiger partial charge in [0.05, 0.1) is 18.6 Å². The van der Waals surface area contributed by atoms with E-state index in [1.807, 2.05) is 24.3 Å². The molecule has 1 saturated carbocycles. The average molecular weight is 511 g/mol. The van der Waals surface area contributed by atoms with Crippen molar-refractivity contribution in [3.05, 3.63) is 87.7 Å². The molecule has 5 rings (SSSR count). The third kappa shape index (κ3) is 4.69. The van der Waals surface area contributed by atoms with E-state index < -0.39 is 11.6 Å². The zero-order chi connectivity index (χ0) is 26.4. The summed E-state index contributed by atoms with van der Waals surface area (Å²) in [5.41, 5.74) is 0.328. The summed E-state index contributed by atoms with van der Waals surface area (Å²) in [6, 6.07) is 16.4. The number of halogens is 3. The van der Waals surface area contributed by atoms with Gasteiger partial charge in [-0.3, -0.25) is 4.79 Å². The summed E-state index contributed by atoms with van der Waals surface area (Å²) < 4.78 is 46.7. The first-order valence-corrected chi connectivity index (χ1v) is 11.8. The van der Waals surface area contributed by atoms with Crippen LogP contribution < -0.4 is 5.56 Å². The first kappa shape index (κ1) is 24.9. The zero-order valence-corrected chi connectivity index (χ0v) is 20.3. The fourth-order valence-electron chi connectivity index (χ4n) is 4.18. The van der Waals surface area contributed by atoms with Gasteiger partial charge in [0.2, 0.25) is 5.82 Å². The normalized spacial score (nSPS) is 15.1. The molecule has 192 valence electrons. The van der Waals surface area contributed by atoms with Gasteiger partial charge in [0, 0.05) is 17.0 Å². The van der Waals surface area contributed by atoms with Crippen LogP contribution in [0.5, 0.6) is 0 Å². The Hall–Kier alpha value is -3.79. The summed E-state index contributed by atoms with van der Waals surface area (Å²) in [6.07, 6.45) is -2.52. The predicted octanol–water partition coefficient (Wildman–Crippen LogP) is 4.87. The van der Waals surface area contributed by atoms with Crippen molar-refractivity contribution >= 4 is 0 Å². The molecule has 0 radical (unpaired) electrons. The Morgan fingerprint density at radius 3 is 2.43 bits per heavy atom. The molecule has 4 aromatic rings. The second kappa shape index (κ2) is 8.95. The number of benzene rings is 2. The molecule has 1 fully saturated rings. The van der Waals surface area contributed by atoms with Crippen molar-refractivity contribution in [3.8, 4) is 23.0 Å². The molecule has 37 heavy (non-hydrogen) atoms. The molecule has 1 N–H and O–H groups in total. The maximum atomic E-state index is 13.3. The molecule has 1 aliphatic rings. The SMILES string of the molecule is CC(C)(c1ccc(-c2noc(-c3ccc(=O)n(Cc4cccc(C5(CO)CC5)c4)n3)n2)cc1)C(F)(F)F. The van der Waals surface area contributed by atoms with Crippen LogP contribution in [-0.2, 0) is 17.4 Å². The Balaban J connectivity index is 1.38. The van der Waals surface area contributed by atoms with Gasteiger partial charge in [-0.15, -0.1) is 0 Å². The van der Waals surface area contributed by atoms with Gasteiger partial charge >= 0.3 is 6.18 Å². The molecule has 0 unspecified atom stereocenters. The number of hydrogen-bond acceptors (Lipinski definition) is 6. The van der Waals surface area contributed by atoms with E-state index in [4.69, 9.17) is 4.52 Å². The Morgan fingerprint density at radius 2 is 1.78 bits per heavy atom. The monoisotopic (exact) mass is 510 g/mol. The lowest BCUT2D eigenvalue weighted by Gasteiger charge is -2.28. The van der Waals surface area contributed by atoms with Crippen LogP contribution in [-0.4, -0.2) is 37.8 Å². The Labute approximate surface area is 210 Å². The van der Waals surface area contributed by atoms with E-state index in [2.05, 4.69) is 15.2 Å². The number of nitrogens with zero attached hydrogens (tertiary/aromatic N) is 4. The molecular weight excluding hydrogens is 485 g/mol. The smallest absolute Gasteiger partial charge is 0.395 e. The van der Waals surface area contributed by atoms with Crippen molar-refractivity contribution in [1.29, 1.82) is 0 Å². The maximum Gasteiger partial charge on any atom is 0.397 e. The van der Waals surface area contributed by atoms with Crippen molar-refractivity contribution in [1.82, 2.24) is 19.9 Å². The van der Waals surface area contributed by atoms with E-state index in [-0.39, 0.29) is 41.4 Å². The lowest BCUT2D eigenvalue weighted by atomic mass is 9.83. The Morgan fingerprint density at radius 1 is 1.05 bits per heavy atom. The predicted molar refractivity (Wildman–Crippen MR) is 130 cm³/mol. The molecule has 0 saturated heterocycles. The van der Waals surface area contributed by atoms with E-state index in [9.17, 15) is 23.1 Å². The van der Waals surface area contributed by atoms with E-state index in [0.29, 0.717) is 11.3 Å². The fraction of sp³-hybridized carbons (Fsp3) is 0.333. The van der Waals surface area contributed by atoms with Crippen LogP contribution in [0.15, 0.2) is 70.0 Å². The number of aliphatic hydroxyl groups is 1. The van der Waals surface area contributed by atoms with Crippen LogP contribution in [0.2, 0.25) is 0 Å². The quantitative estimate of drug-likeness (QED) is 0.381. The van der Waals surface area contributed by atoms with Crippen LogP contribution in [0.3, 0.4) is 0 Å². The largest absolute Gasteiger partial charge is 0.397 e. The van der Waals surface area contributed by atoms with Gasteiger partial charge in [-0.05, 0) is 49.4 Å². The fourth-order valence-corrected chi connectivity index (χ4v) is 4.18. The van der Waals surface area contributed by atoms with Gasteiger partial charge < -0.3 is 9.63 Å². The lowest BCUT2D eigenvalue weighted by molar-refractivity contribution is -0.180. The number of rotatable bonds is 7. The van der Waals surface area contributed by atoms with Crippen molar-refractivity contribution in [2.45, 2.75) is 50.2 Å². The van der Waals surface area contributed by atoms with Gasteiger partial charge in [0.15, 0.2) is 0 Å². The second-order valence-corrected chi connectivity index (χ2v) is 9.98. The molecule has 0 aliphatic heterocycles. The minimum absolute atomic E-state index is 0.0782. The summed E-state index contributed by atoms with van der Waals surface area (Å²) >= 11 is 0. The van der Waals surface area contributed by atoms with Gasteiger partial charge in [0.1, 0.15) is 5.69 Å². The number of alkyl halides is 3. The van der Waals surface area contributed by atoms with E-state index in [1.54, 1.807) is 0 Å². The van der Waals surface area contributed by atoms with Crippen molar-refractivity contribution < 1.29 is 22.8 Å². The van der Waals surface area contributed by atoms with Gasteiger partial charge in [-0.2, -0.15) is 23.3 Å². The third-order valence-electron chi connectivity index (χ3n) is 7.11. The van der Waals surface area contributed by atoms with Crippen molar-refractivity contribution in [2.24, 2.45) is 0 Å². The van der Waals surface area contributed by atoms with Crippen LogP contribution >= 0.6 is 0 Å². The molecule has 10 heteroatoms. The molecule has 2 heterocycles. The lowest BCUT2D eigenvalue weighted by Crippen LogP contribution is -2.36. The number of aromatic nitrogens is 4. The Kier molecular flexibility index (Phi) is 6.02. The first-order valence-electron chi connectivity index (χ1n) is 11.8. The van der Waals surface area contributed by atoms with Crippen molar-refractivity contribution in [2.75, 3.05) is 6.61 Å². The molecule has 0 atom stereocenters. The maximum absolute atomic E-state index is 13.3. The molecule has 0 bridgehead atoms. The van der Waals surface area contributed by atoms with Crippen LogP contribution in [0, 0.1) is 0 Å². The van der Waals surface area contributed by atoms with Crippen LogP contribution in [0.4, 0.5) is 13.2 Å². The minimum Gasteiger partial charge on any atom is -0.395 e. The van der Waals surface area contributed by atoms with Crippen molar-refractivity contribution in [3.63, 3.8) is 0 Å². The van der Waals surface area contributed by atoms with E-state index >= 15 is 0 Å². The van der Waals surface area contributed by atoms with E-state index in [0.717, 1.165) is 37.8 Å². The van der Waals surface area contributed by atoms with Crippen LogP contribution in [0.1, 0.15) is 43.4 Å². The molecule has 0 spiro atoms. The van der Waals surface area contributed by atoms with Gasteiger partial charge in [-0.1, -0.05) is 53.7 Å². The van der Waals surface area contributed by atoms with Crippen LogP contribution in [0.25, 0.3) is 23.0 Å². The molecule has 1 aliphatic carbocycles. The summed E-state index contributed by atoms with van der Waals surface area (Å²) in [5, 5.41) is 18.0. The highest BCUT2D eigenvalue weighted by Gasteiger charge is 2.48. The van der Waals surface area contributed by atoms with Gasteiger partial charge in [-0.25, -0.2) is 4.68 Å². The first-order chi connectivity index (χ1) is 17.5. The Bertz CT molecular complexity index is 1490. The van der Waals surface area contributed by atoms with E-state index in [1.165, 1.54) is 41.1 Å². The zero-order valence-electron chi connectivity index (χ0n) is 20.3. The molecule has 0 amide bonds. The third-order valence-corrected chi connectivity index (χ3v) is 7.11. The highest BCUT2D eigenvalue weighted by Crippen LogP contribution is 2.47. The number of aliphatic hydroxyl groups excluding tert-OH is 1. The summed E-state index contributed by atoms with van der Waals surface area (Å²) in [5.74, 6) is 0.270. The molecule has 2 aromatic heterocycles. The second-order valence-electron chi connectivity index (χ2n) is 9.98. The number of hydrogen-bond donors (Lipinski definition) is 1. The highest BCUT2D eigenvalue weighted by molar-refractivity contribution is 5.58. The molecule has 2 aromatic carbocycles. The molecular formula is C27H25F3N4O3.